The summed E-state index contributed by atoms with van der Waals surface area (Å²) in [5, 5.41) is 10.7. The highest BCUT2D eigenvalue weighted by Crippen LogP contribution is 2.52. The minimum absolute atomic E-state index is 0.149. The van der Waals surface area contributed by atoms with Crippen molar-refractivity contribution in [1.82, 2.24) is 9.58 Å². The van der Waals surface area contributed by atoms with Crippen molar-refractivity contribution in [2.75, 3.05) is 5.43 Å². The van der Waals surface area contributed by atoms with Crippen molar-refractivity contribution in [2.24, 2.45) is 0 Å². The minimum atomic E-state index is -1.01. The third-order valence-electron chi connectivity index (χ3n) is 8.08. The highest BCUT2D eigenvalue weighted by Gasteiger charge is 2.56. The fourth-order valence-corrected chi connectivity index (χ4v) is 7.24. The molecule has 0 bridgehead atoms. The molecule has 36 heavy (non-hydrogen) atoms. The molecule has 3 aromatic rings. The molecule has 184 valence electrons. The smallest absolute Gasteiger partial charge is 0.278 e. The number of nitrogens with one attached hydrogen (secondary N) is 1. The first-order chi connectivity index (χ1) is 17.4. The predicted octanol–water partition coefficient (Wildman–Crippen LogP) is 4.74. The van der Waals surface area contributed by atoms with Crippen LogP contribution in [0, 0.1) is 11.6 Å². The third-order valence-corrected chi connectivity index (χ3v) is 9.22. The zero-order valence-corrected chi connectivity index (χ0v) is 20.1. The van der Waals surface area contributed by atoms with Gasteiger partial charge in [-0.25, -0.2) is 13.5 Å². The molecule has 6 nitrogen and oxygen atoms in total. The Hall–Kier alpha value is -3.33. The van der Waals surface area contributed by atoms with E-state index in [1.165, 1.54) is 22.5 Å². The maximum absolute atomic E-state index is 15.1. The SMILES string of the molecule is O=C1c2c(O)c(=O)cc(-c3cc(F)c(F)c4c3Cc3ccccc3SC4)n2N[C@@H]2CCCC3(CC3)N12. The van der Waals surface area contributed by atoms with Crippen LogP contribution in [0.5, 0.6) is 5.75 Å². The normalized spacial score (nSPS) is 21.1. The van der Waals surface area contributed by atoms with Gasteiger partial charge in [-0.05, 0) is 61.8 Å². The van der Waals surface area contributed by atoms with Crippen LogP contribution in [0.2, 0.25) is 0 Å². The van der Waals surface area contributed by atoms with Crippen LogP contribution in [0.15, 0.2) is 46.1 Å². The van der Waals surface area contributed by atoms with Crippen LogP contribution in [-0.4, -0.2) is 32.3 Å². The summed E-state index contributed by atoms with van der Waals surface area (Å²) >= 11 is 1.44. The summed E-state index contributed by atoms with van der Waals surface area (Å²) in [5.41, 5.74) is 4.62. The maximum atomic E-state index is 15.1. The molecule has 1 atom stereocenters. The van der Waals surface area contributed by atoms with Gasteiger partial charge < -0.3 is 15.4 Å². The van der Waals surface area contributed by atoms with Crippen LogP contribution in [0.1, 0.15) is 59.3 Å². The molecule has 1 amide bonds. The molecule has 2 aromatic carbocycles. The number of pyridine rings is 1. The molecule has 0 unspecified atom stereocenters. The first kappa shape index (κ1) is 21.9. The second kappa shape index (κ2) is 7.59. The van der Waals surface area contributed by atoms with Gasteiger partial charge in [-0.15, -0.1) is 11.8 Å². The Morgan fingerprint density at radius 2 is 1.89 bits per heavy atom. The highest BCUT2D eigenvalue weighted by molar-refractivity contribution is 7.98. The number of benzene rings is 2. The van der Waals surface area contributed by atoms with Crippen molar-refractivity contribution in [3.63, 3.8) is 0 Å². The lowest BCUT2D eigenvalue weighted by Crippen LogP contribution is -2.61. The third kappa shape index (κ3) is 3.01. The molecule has 3 aliphatic heterocycles. The van der Waals surface area contributed by atoms with Gasteiger partial charge in [0.2, 0.25) is 5.43 Å². The zero-order valence-electron chi connectivity index (χ0n) is 19.3. The second-order valence-electron chi connectivity index (χ2n) is 10.1. The molecule has 2 fully saturated rings. The topological polar surface area (TPSA) is 74.6 Å². The lowest BCUT2D eigenvalue weighted by molar-refractivity contribution is 0.0347. The average Bonchev–Trinajstić information content (AvgIpc) is 3.66. The Balaban J connectivity index is 1.47. The van der Waals surface area contributed by atoms with E-state index in [4.69, 9.17) is 0 Å². The molecule has 9 heteroatoms. The number of hydrogen-bond acceptors (Lipinski definition) is 5. The number of carbonyl (C=O) groups excluding carboxylic acids is 1. The molecule has 1 aliphatic carbocycles. The Morgan fingerprint density at radius 3 is 2.69 bits per heavy atom. The lowest BCUT2D eigenvalue weighted by Gasteiger charge is -2.47. The number of aromatic hydroxyl groups is 1. The van der Waals surface area contributed by atoms with Crippen LogP contribution >= 0.6 is 11.8 Å². The average molecular weight is 508 g/mol. The van der Waals surface area contributed by atoms with E-state index in [2.05, 4.69) is 5.43 Å². The van der Waals surface area contributed by atoms with Crippen LogP contribution in [-0.2, 0) is 12.2 Å². The predicted molar refractivity (Wildman–Crippen MR) is 132 cm³/mol. The largest absolute Gasteiger partial charge is 0.502 e. The van der Waals surface area contributed by atoms with Gasteiger partial charge in [0.15, 0.2) is 23.1 Å². The van der Waals surface area contributed by atoms with Gasteiger partial charge in [-0.2, -0.15) is 0 Å². The van der Waals surface area contributed by atoms with Gasteiger partial charge in [-0.1, -0.05) is 18.2 Å². The summed E-state index contributed by atoms with van der Waals surface area (Å²) < 4.78 is 31.5. The number of thioether (sulfide) groups is 1. The number of halogens is 2. The van der Waals surface area contributed by atoms with E-state index in [0.717, 1.165) is 48.6 Å². The van der Waals surface area contributed by atoms with E-state index >= 15 is 4.39 Å². The fraction of sp³-hybridized carbons (Fsp3) is 0.333. The van der Waals surface area contributed by atoms with Gasteiger partial charge in [0.1, 0.15) is 6.17 Å². The summed E-state index contributed by atoms with van der Waals surface area (Å²) in [6.07, 6.45) is 4.41. The zero-order chi connectivity index (χ0) is 24.8. The monoisotopic (exact) mass is 507 g/mol. The van der Waals surface area contributed by atoms with Crippen LogP contribution in [0.25, 0.3) is 11.3 Å². The van der Waals surface area contributed by atoms with E-state index in [1.807, 2.05) is 24.3 Å². The van der Waals surface area contributed by atoms with Gasteiger partial charge >= 0.3 is 0 Å². The molecule has 4 heterocycles. The number of amides is 1. The Kier molecular flexibility index (Phi) is 4.62. The molecule has 1 saturated heterocycles. The number of rotatable bonds is 1. The van der Waals surface area contributed by atoms with E-state index in [1.54, 1.807) is 4.90 Å². The van der Waals surface area contributed by atoms with Crippen LogP contribution in [0.3, 0.4) is 0 Å². The van der Waals surface area contributed by atoms with Gasteiger partial charge in [0, 0.05) is 33.4 Å². The van der Waals surface area contributed by atoms with Crippen LogP contribution < -0.4 is 10.9 Å². The Labute approximate surface area is 209 Å². The number of aromatic nitrogens is 1. The summed E-state index contributed by atoms with van der Waals surface area (Å²) in [7, 11) is 0. The van der Waals surface area contributed by atoms with Gasteiger partial charge in [-0.3, -0.25) is 9.59 Å². The van der Waals surface area contributed by atoms with Crippen molar-refractivity contribution in [1.29, 1.82) is 0 Å². The molecule has 1 saturated carbocycles. The Bertz CT molecular complexity index is 1530. The van der Waals surface area contributed by atoms with E-state index < -0.39 is 28.7 Å². The quantitative estimate of drug-likeness (QED) is 0.498. The van der Waals surface area contributed by atoms with Crippen molar-refractivity contribution >= 4 is 17.7 Å². The minimum Gasteiger partial charge on any atom is -0.502 e. The molecular formula is C27H23F2N3O3S. The fourth-order valence-electron chi connectivity index (χ4n) is 6.14. The molecule has 7 rings (SSSR count). The van der Waals surface area contributed by atoms with E-state index in [0.29, 0.717) is 17.5 Å². The van der Waals surface area contributed by atoms with E-state index in [-0.39, 0.29) is 34.4 Å². The number of carbonyl (C=O) groups is 1. The Morgan fingerprint density at radius 1 is 1.08 bits per heavy atom. The van der Waals surface area contributed by atoms with Crippen molar-refractivity contribution < 1.29 is 18.7 Å². The number of fused-ring (bicyclic) bond motifs is 5. The van der Waals surface area contributed by atoms with Crippen molar-refractivity contribution in [3.05, 3.63) is 80.6 Å². The van der Waals surface area contributed by atoms with Gasteiger partial charge in [0.25, 0.3) is 5.91 Å². The molecule has 2 N–H and O–H groups in total. The lowest BCUT2D eigenvalue weighted by atomic mass is 9.92. The summed E-state index contributed by atoms with van der Waals surface area (Å²) in [6.45, 7) is 0. The molecule has 4 aliphatic rings. The number of nitrogens with zero attached hydrogens (tertiary/aromatic N) is 2. The molecule has 1 spiro atoms. The van der Waals surface area contributed by atoms with E-state index in [9.17, 15) is 19.1 Å². The number of piperidine rings is 1. The molecule has 1 aromatic heterocycles. The first-order valence-corrected chi connectivity index (χ1v) is 13.2. The first-order valence-electron chi connectivity index (χ1n) is 12.2. The standard InChI is InChI=1S/C27H23F2N3O3S/c28-18-11-16(15-10-14-4-1-2-5-21(14)36-13-17(15)23(18)29)19-12-20(33)25(34)24-26(35)31-22(30-32(19)24)6-3-7-27(31)8-9-27/h1-2,4-5,11-12,22,30,34H,3,6-10,13H2/t22-/m0/s1. The van der Waals surface area contributed by atoms with Crippen molar-refractivity contribution in [2.45, 2.75) is 60.9 Å². The summed E-state index contributed by atoms with van der Waals surface area (Å²) in [5.74, 6) is -2.70. The molecular weight excluding hydrogens is 484 g/mol. The van der Waals surface area contributed by atoms with Crippen LogP contribution in [0.4, 0.5) is 8.78 Å². The molecule has 0 radical (unpaired) electrons. The number of hydrogen-bond donors (Lipinski definition) is 2. The van der Waals surface area contributed by atoms with Crippen molar-refractivity contribution in [3.8, 4) is 17.0 Å². The second-order valence-corrected chi connectivity index (χ2v) is 11.1. The summed E-state index contributed by atoms with van der Waals surface area (Å²) in [6, 6.07) is 10.0. The van der Waals surface area contributed by atoms with Gasteiger partial charge in [0.05, 0.1) is 5.69 Å². The summed E-state index contributed by atoms with van der Waals surface area (Å²) in [4.78, 5) is 29.4. The highest BCUT2D eigenvalue weighted by atomic mass is 32.2. The maximum Gasteiger partial charge on any atom is 0.278 e.